The molecule has 2 heterocycles. The SMILES string of the molecule is CCN(CC)N(C(C)=O)c1nc2c(Cl)c3nc(N(C(C)=O)N(CC)CC)sc3c(C#N)c2s1.Cl.Cl. The highest BCUT2D eigenvalue weighted by molar-refractivity contribution is 7.25. The van der Waals surface area contributed by atoms with Crippen LogP contribution in [0.15, 0.2) is 0 Å². The zero-order valence-corrected chi connectivity index (χ0v) is 24.3. The molecule has 35 heavy (non-hydrogen) atoms. The van der Waals surface area contributed by atoms with Gasteiger partial charge in [0.05, 0.1) is 20.0 Å². The third kappa shape index (κ3) is 5.64. The van der Waals surface area contributed by atoms with Crippen molar-refractivity contribution in [3.8, 4) is 6.07 Å². The summed E-state index contributed by atoms with van der Waals surface area (Å²) in [6, 6.07) is 2.27. The third-order valence-electron chi connectivity index (χ3n) is 5.20. The highest BCUT2D eigenvalue weighted by Crippen LogP contribution is 2.44. The maximum atomic E-state index is 12.4. The second-order valence-corrected chi connectivity index (χ2v) is 9.42. The highest BCUT2D eigenvalue weighted by atomic mass is 35.5. The average molecular weight is 581 g/mol. The van der Waals surface area contributed by atoms with Crippen LogP contribution in [0.25, 0.3) is 20.4 Å². The van der Waals surface area contributed by atoms with Gasteiger partial charge >= 0.3 is 0 Å². The molecule has 1 aromatic carbocycles. The molecular formula is C21H28Cl3N7O2S2. The molecule has 14 heteroatoms. The summed E-state index contributed by atoms with van der Waals surface area (Å²) in [6.07, 6.45) is 0. The summed E-state index contributed by atoms with van der Waals surface area (Å²) in [4.78, 5) is 34.1. The van der Waals surface area contributed by atoms with Crippen molar-refractivity contribution in [3.05, 3.63) is 10.6 Å². The largest absolute Gasteiger partial charge is 0.273 e. The first kappa shape index (κ1) is 31.3. The van der Waals surface area contributed by atoms with Crippen molar-refractivity contribution in [1.29, 1.82) is 5.26 Å². The number of rotatable bonds is 8. The minimum Gasteiger partial charge on any atom is -0.273 e. The van der Waals surface area contributed by atoms with Crippen molar-refractivity contribution < 1.29 is 9.59 Å². The first-order valence-electron chi connectivity index (χ1n) is 10.7. The van der Waals surface area contributed by atoms with E-state index in [0.29, 0.717) is 67.5 Å². The molecule has 0 aliphatic heterocycles. The van der Waals surface area contributed by atoms with Crippen LogP contribution in [-0.4, -0.2) is 58.0 Å². The fourth-order valence-electron chi connectivity index (χ4n) is 3.67. The van der Waals surface area contributed by atoms with E-state index in [1.165, 1.54) is 46.5 Å². The van der Waals surface area contributed by atoms with E-state index in [4.69, 9.17) is 11.6 Å². The molecule has 0 atom stereocenters. The highest BCUT2D eigenvalue weighted by Gasteiger charge is 2.28. The number of anilines is 2. The van der Waals surface area contributed by atoms with Gasteiger partial charge < -0.3 is 0 Å². The van der Waals surface area contributed by atoms with Gasteiger partial charge in [-0.3, -0.25) is 9.59 Å². The van der Waals surface area contributed by atoms with E-state index in [-0.39, 0.29) is 36.6 Å². The van der Waals surface area contributed by atoms with Gasteiger partial charge in [0.2, 0.25) is 22.1 Å². The van der Waals surface area contributed by atoms with Crippen LogP contribution >= 0.6 is 59.1 Å². The van der Waals surface area contributed by atoms with Gasteiger partial charge in [0.25, 0.3) is 0 Å². The van der Waals surface area contributed by atoms with E-state index >= 15 is 0 Å². The van der Waals surface area contributed by atoms with Gasteiger partial charge in [0.1, 0.15) is 17.1 Å². The molecule has 0 aliphatic carbocycles. The van der Waals surface area contributed by atoms with E-state index in [9.17, 15) is 14.9 Å². The number of thiazole rings is 2. The lowest BCUT2D eigenvalue weighted by Gasteiger charge is -2.30. The summed E-state index contributed by atoms with van der Waals surface area (Å²) in [6.45, 7) is 13.3. The topological polar surface area (TPSA) is 96.7 Å². The van der Waals surface area contributed by atoms with Gasteiger partial charge in [-0.15, -0.1) is 24.8 Å². The van der Waals surface area contributed by atoms with Crippen LogP contribution in [0.5, 0.6) is 0 Å². The molecule has 0 spiro atoms. The Balaban J connectivity index is 0.00000306. The third-order valence-corrected chi connectivity index (χ3v) is 7.65. The van der Waals surface area contributed by atoms with Crippen molar-refractivity contribution >= 4 is 102 Å². The van der Waals surface area contributed by atoms with Crippen molar-refractivity contribution in [3.63, 3.8) is 0 Å². The number of nitriles is 1. The number of carbonyl (C=O) groups is 2. The number of aromatic nitrogens is 2. The van der Waals surface area contributed by atoms with Gasteiger partial charge in [-0.2, -0.15) is 5.26 Å². The van der Waals surface area contributed by atoms with E-state index in [2.05, 4.69) is 16.0 Å². The summed E-state index contributed by atoms with van der Waals surface area (Å²) >= 11 is 9.23. The summed E-state index contributed by atoms with van der Waals surface area (Å²) in [5.41, 5.74) is 1.24. The van der Waals surface area contributed by atoms with Gasteiger partial charge in [-0.1, -0.05) is 62.0 Å². The molecule has 0 aliphatic rings. The number of fused-ring (bicyclic) bond motifs is 2. The van der Waals surface area contributed by atoms with Crippen LogP contribution in [0, 0.1) is 11.3 Å². The predicted octanol–water partition coefficient (Wildman–Crippen LogP) is 5.49. The summed E-state index contributed by atoms with van der Waals surface area (Å²) in [7, 11) is 0. The predicted molar refractivity (Wildman–Crippen MR) is 149 cm³/mol. The number of amides is 2. The number of halogens is 3. The molecule has 2 aromatic heterocycles. The number of nitrogens with zero attached hydrogens (tertiary/aromatic N) is 7. The van der Waals surface area contributed by atoms with Crippen molar-refractivity contribution in [2.45, 2.75) is 41.5 Å². The van der Waals surface area contributed by atoms with Gasteiger partial charge in [-0.05, 0) is 0 Å². The normalized spacial score (nSPS) is 10.9. The fraction of sp³-hybridized carbons (Fsp3) is 0.476. The van der Waals surface area contributed by atoms with Gasteiger partial charge in [0, 0.05) is 40.0 Å². The second-order valence-electron chi connectivity index (χ2n) is 7.09. The van der Waals surface area contributed by atoms with Crippen LogP contribution in [0.3, 0.4) is 0 Å². The fourth-order valence-corrected chi connectivity index (χ4v) is 6.41. The monoisotopic (exact) mass is 579 g/mol. The molecule has 0 bridgehead atoms. The number of hydrogen-bond donors (Lipinski definition) is 0. The van der Waals surface area contributed by atoms with Crippen molar-refractivity contribution in [2.75, 3.05) is 36.2 Å². The molecule has 3 rings (SSSR count). The quantitative estimate of drug-likeness (QED) is 0.325. The molecule has 0 saturated carbocycles. The van der Waals surface area contributed by atoms with E-state index < -0.39 is 0 Å². The maximum absolute atomic E-state index is 12.4. The van der Waals surface area contributed by atoms with E-state index in [1.54, 1.807) is 0 Å². The Morgan fingerprint density at radius 1 is 0.829 bits per heavy atom. The Labute approximate surface area is 230 Å². The molecule has 3 aromatic rings. The standard InChI is InChI=1S/C21H26ClN7O2S2.2ClH/c1-7-26(8-2)28(12(5)30)20-24-16-15(22)17-19(14(11-23)18(16)32-20)33-21(25-17)29(13(6)31)27(9-3)10-4;;/h7-10H2,1-6H3;2*1H. The zero-order chi connectivity index (χ0) is 24.4. The lowest BCUT2D eigenvalue weighted by atomic mass is 10.2. The van der Waals surface area contributed by atoms with Crippen LogP contribution in [0.4, 0.5) is 10.3 Å². The van der Waals surface area contributed by atoms with Crippen molar-refractivity contribution in [2.24, 2.45) is 0 Å². The Hall–Kier alpha value is -1.78. The lowest BCUT2D eigenvalue weighted by Crippen LogP contribution is -2.45. The molecule has 0 unspecified atom stereocenters. The maximum Gasteiger partial charge on any atom is 0.240 e. The minimum atomic E-state index is -0.175. The molecule has 0 N–H and O–H groups in total. The lowest BCUT2D eigenvalue weighted by molar-refractivity contribution is -0.120. The number of hydrogen-bond acceptors (Lipinski definition) is 9. The Morgan fingerprint density at radius 3 is 1.43 bits per heavy atom. The Morgan fingerprint density at radius 2 is 1.17 bits per heavy atom. The number of hydrazine groups is 2. The van der Waals surface area contributed by atoms with E-state index in [1.807, 2.05) is 37.7 Å². The molecular weight excluding hydrogens is 553 g/mol. The number of carbonyl (C=O) groups excluding carboxylic acids is 2. The van der Waals surface area contributed by atoms with Gasteiger partial charge in [0.15, 0.2) is 0 Å². The van der Waals surface area contributed by atoms with Crippen LogP contribution in [0.1, 0.15) is 47.1 Å². The van der Waals surface area contributed by atoms with Gasteiger partial charge in [-0.25, -0.2) is 30.0 Å². The molecule has 0 saturated heterocycles. The summed E-state index contributed by atoms with van der Waals surface area (Å²) in [5, 5.41) is 18.0. The minimum absolute atomic E-state index is 0. The van der Waals surface area contributed by atoms with E-state index in [0.717, 1.165) is 0 Å². The second kappa shape index (κ2) is 13.0. The zero-order valence-electron chi connectivity index (χ0n) is 20.3. The Kier molecular flexibility index (Phi) is 11.6. The van der Waals surface area contributed by atoms with Crippen molar-refractivity contribution in [1.82, 2.24) is 20.0 Å². The smallest absolute Gasteiger partial charge is 0.240 e. The Bertz CT molecular complexity index is 1160. The molecule has 2 amide bonds. The molecule has 192 valence electrons. The molecule has 0 fully saturated rings. The number of benzene rings is 1. The van der Waals surface area contributed by atoms with Crippen LogP contribution in [0.2, 0.25) is 5.02 Å². The van der Waals surface area contributed by atoms with Crippen LogP contribution in [-0.2, 0) is 9.59 Å². The first-order chi connectivity index (χ1) is 15.7. The van der Waals surface area contributed by atoms with Crippen LogP contribution < -0.4 is 10.0 Å². The molecule has 9 nitrogen and oxygen atoms in total. The first-order valence-corrected chi connectivity index (χ1v) is 12.7. The summed E-state index contributed by atoms with van der Waals surface area (Å²) in [5.74, 6) is -0.350. The average Bonchev–Trinajstić information content (AvgIpc) is 3.40. The summed E-state index contributed by atoms with van der Waals surface area (Å²) < 4.78 is 1.19. The molecule has 0 radical (unpaired) electrons.